The zero-order valence-electron chi connectivity index (χ0n) is 14.0. The number of carbonyl (C=O) groups is 2. The fraction of sp³-hybridized carbons (Fsp3) is 0. The molecule has 2 aromatic carbocycles. The van der Waals surface area contributed by atoms with Gasteiger partial charge in [-0.1, -0.05) is 27.5 Å². The van der Waals surface area contributed by atoms with Crippen LogP contribution >= 0.6 is 27.5 Å². The first-order chi connectivity index (χ1) is 13.3. The summed E-state index contributed by atoms with van der Waals surface area (Å²) < 4.78 is 6.22. The van der Waals surface area contributed by atoms with Crippen LogP contribution in [0.3, 0.4) is 0 Å². The molecule has 0 saturated carbocycles. The third kappa shape index (κ3) is 4.41. The Morgan fingerprint density at radius 3 is 2.68 bits per heavy atom. The molecule has 28 heavy (non-hydrogen) atoms. The van der Waals surface area contributed by atoms with Crippen molar-refractivity contribution in [1.82, 2.24) is 5.43 Å². The predicted molar refractivity (Wildman–Crippen MR) is 107 cm³/mol. The van der Waals surface area contributed by atoms with Crippen molar-refractivity contribution in [2.75, 3.05) is 0 Å². The van der Waals surface area contributed by atoms with Crippen molar-refractivity contribution < 1.29 is 24.2 Å². The van der Waals surface area contributed by atoms with E-state index in [9.17, 15) is 14.7 Å². The molecule has 0 atom stereocenters. The van der Waals surface area contributed by atoms with Gasteiger partial charge in [0.15, 0.2) is 0 Å². The van der Waals surface area contributed by atoms with Gasteiger partial charge in [-0.25, -0.2) is 10.2 Å². The SMILES string of the molecule is O=C(O)c1ccc(Cl)c(-c2ccc(/C=N/NC(=O)c3cc(Br)ccc3O)o2)c1. The van der Waals surface area contributed by atoms with Gasteiger partial charge in [0.05, 0.1) is 22.4 Å². The van der Waals surface area contributed by atoms with E-state index in [4.69, 9.17) is 21.1 Å². The monoisotopic (exact) mass is 462 g/mol. The third-order valence-electron chi connectivity index (χ3n) is 3.67. The second-order valence-corrected chi connectivity index (χ2v) is 6.89. The highest BCUT2D eigenvalue weighted by Gasteiger charge is 2.13. The number of amides is 1. The summed E-state index contributed by atoms with van der Waals surface area (Å²) in [7, 11) is 0. The number of rotatable bonds is 5. The topological polar surface area (TPSA) is 112 Å². The number of hydrazone groups is 1. The smallest absolute Gasteiger partial charge is 0.335 e. The van der Waals surface area contributed by atoms with Gasteiger partial charge in [0, 0.05) is 10.0 Å². The number of nitrogens with zero attached hydrogens (tertiary/aromatic N) is 1. The summed E-state index contributed by atoms with van der Waals surface area (Å²) >= 11 is 9.34. The van der Waals surface area contributed by atoms with E-state index in [2.05, 4.69) is 26.5 Å². The molecule has 1 amide bonds. The molecule has 0 radical (unpaired) electrons. The van der Waals surface area contributed by atoms with Gasteiger partial charge in [-0.05, 0) is 48.5 Å². The molecule has 1 heterocycles. The largest absolute Gasteiger partial charge is 0.507 e. The van der Waals surface area contributed by atoms with Crippen LogP contribution in [0.1, 0.15) is 26.5 Å². The Hall–Kier alpha value is -3.10. The fourth-order valence-corrected chi connectivity index (χ4v) is 2.89. The Balaban J connectivity index is 1.74. The highest BCUT2D eigenvalue weighted by atomic mass is 79.9. The molecule has 0 spiro atoms. The molecule has 7 nitrogen and oxygen atoms in total. The van der Waals surface area contributed by atoms with Gasteiger partial charge >= 0.3 is 5.97 Å². The molecule has 0 aliphatic rings. The quantitative estimate of drug-likeness (QED) is 0.380. The van der Waals surface area contributed by atoms with Crippen LogP contribution in [0.5, 0.6) is 5.75 Å². The first kappa shape index (κ1) is 19.7. The average molecular weight is 464 g/mol. The van der Waals surface area contributed by atoms with E-state index in [0.29, 0.717) is 26.6 Å². The predicted octanol–water partition coefficient (Wildman–Crippen LogP) is 4.53. The highest BCUT2D eigenvalue weighted by Crippen LogP contribution is 2.30. The number of carboxylic acid groups (broad SMARTS) is 1. The van der Waals surface area contributed by atoms with E-state index in [1.54, 1.807) is 18.2 Å². The van der Waals surface area contributed by atoms with E-state index in [-0.39, 0.29) is 16.9 Å². The lowest BCUT2D eigenvalue weighted by atomic mass is 10.1. The number of aromatic hydroxyl groups is 1. The van der Waals surface area contributed by atoms with Crippen molar-refractivity contribution in [3.05, 3.63) is 74.9 Å². The van der Waals surface area contributed by atoms with Crippen molar-refractivity contribution in [2.24, 2.45) is 5.10 Å². The van der Waals surface area contributed by atoms with Crippen LogP contribution in [-0.4, -0.2) is 28.3 Å². The standard InChI is InChI=1S/C19H12BrClN2O5/c20-11-2-5-16(24)14(8-11)18(25)23-22-9-12-3-6-17(28-12)13-7-10(19(26)27)1-4-15(13)21/h1-9,24H,(H,23,25)(H,26,27)/b22-9+. The minimum absolute atomic E-state index is 0.0592. The highest BCUT2D eigenvalue weighted by molar-refractivity contribution is 9.10. The third-order valence-corrected chi connectivity index (χ3v) is 4.49. The van der Waals surface area contributed by atoms with Gasteiger partial charge in [-0.2, -0.15) is 5.10 Å². The molecular formula is C19H12BrClN2O5. The second-order valence-electron chi connectivity index (χ2n) is 5.56. The number of phenolic OH excluding ortho intramolecular Hbond substituents is 1. The van der Waals surface area contributed by atoms with E-state index < -0.39 is 11.9 Å². The first-order valence-electron chi connectivity index (χ1n) is 7.80. The van der Waals surface area contributed by atoms with Crippen LogP contribution in [0.15, 0.2) is 62.5 Å². The van der Waals surface area contributed by atoms with Crippen LogP contribution < -0.4 is 5.43 Å². The van der Waals surface area contributed by atoms with Crippen LogP contribution in [0.25, 0.3) is 11.3 Å². The molecule has 0 bridgehead atoms. The van der Waals surface area contributed by atoms with Gasteiger partial charge in [0.2, 0.25) is 0 Å². The van der Waals surface area contributed by atoms with Crippen molar-refractivity contribution in [3.8, 4) is 17.1 Å². The fourth-order valence-electron chi connectivity index (χ4n) is 2.32. The van der Waals surface area contributed by atoms with Gasteiger partial charge in [0.1, 0.15) is 17.3 Å². The zero-order valence-corrected chi connectivity index (χ0v) is 16.4. The Morgan fingerprint density at radius 1 is 1.14 bits per heavy atom. The Kier molecular flexibility index (Phi) is 5.81. The molecule has 0 aliphatic heterocycles. The summed E-state index contributed by atoms with van der Waals surface area (Å²) in [5.41, 5.74) is 2.84. The lowest BCUT2D eigenvalue weighted by molar-refractivity contribution is 0.0696. The maximum absolute atomic E-state index is 12.1. The van der Waals surface area contributed by atoms with Crippen molar-refractivity contribution in [3.63, 3.8) is 0 Å². The minimum Gasteiger partial charge on any atom is -0.507 e. The van der Waals surface area contributed by atoms with E-state index >= 15 is 0 Å². The van der Waals surface area contributed by atoms with Crippen molar-refractivity contribution in [1.29, 1.82) is 0 Å². The molecule has 9 heteroatoms. The number of benzene rings is 2. The molecule has 3 N–H and O–H groups in total. The maximum Gasteiger partial charge on any atom is 0.335 e. The average Bonchev–Trinajstić information content (AvgIpc) is 3.12. The van der Waals surface area contributed by atoms with Crippen LogP contribution in [0.4, 0.5) is 0 Å². The van der Waals surface area contributed by atoms with E-state index in [1.807, 2.05) is 0 Å². The van der Waals surface area contributed by atoms with Gasteiger partial charge in [0.25, 0.3) is 5.91 Å². The summed E-state index contributed by atoms with van der Waals surface area (Å²) in [5, 5.41) is 23.0. The lowest BCUT2D eigenvalue weighted by Crippen LogP contribution is -2.17. The normalized spacial score (nSPS) is 10.9. The zero-order chi connectivity index (χ0) is 20.3. The number of carboxylic acids is 1. The van der Waals surface area contributed by atoms with Gasteiger partial charge < -0.3 is 14.6 Å². The number of halogens is 2. The number of nitrogens with one attached hydrogen (secondary N) is 1. The minimum atomic E-state index is -1.08. The molecule has 142 valence electrons. The van der Waals surface area contributed by atoms with Crippen LogP contribution in [-0.2, 0) is 0 Å². The summed E-state index contributed by atoms with van der Waals surface area (Å²) in [6.07, 6.45) is 1.27. The molecule has 3 aromatic rings. The van der Waals surface area contributed by atoms with E-state index in [0.717, 1.165) is 0 Å². The first-order valence-corrected chi connectivity index (χ1v) is 8.97. The molecule has 3 rings (SSSR count). The molecule has 0 aliphatic carbocycles. The second kappa shape index (κ2) is 8.28. The summed E-state index contributed by atoms with van der Waals surface area (Å²) in [5.74, 6) is -1.19. The summed E-state index contributed by atoms with van der Waals surface area (Å²) in [6.45, 7) is 0. The number of furan rings is 1. The molecule has 0 fully saturated rings. The van der Waals surface area contributed by atoms with Gasteiger partial charge in [-0.3, -0.25) is 4.79 Å². The Morgan fingerprint density at radius 2 is 1.93 bits per heavy atom. The number of hydrogen-bond acceptors (Lipinski definition) is 5. The van der Waals surface area contributed by atoms with Gasteiger partial charge in [-0.15, -0.1) is 0 Å². The van der Waals surface area contributed by atoms with Crippen LogP contribution in [0, 0.1) is 0 Å². The lowest BCUT2D eigenvalue weighted by Gasteiger charge is -2.03. The number of phenols is 1. The molecule has 0 unspecified atom stereocenters. The number of hydrogen-bond donors (Lipinski definition) is 3. The van der Waals surface area contributed by atoms with Crippen LogP contribution in [0.2, 0.25) is 5.02 Å². The van der Waals surface area contributed by atoms with E-state index in [1.165, 1.54) is 36.5 Å². The molecular weight excluding hydrogens is 452 g/mol. The Labute approximate surface area is 172 Å². The molecule has 1 aromatic heterocycles. The summed E-state index contributed by atoms with van der Waals surface area (Å²) in [6, 6.07) is 11.9. The number of carbonyl (C=O) groups excluding carboxylic acids is 1. The summed E-state index contributed by atoms with van der Waals surface area (Å²) in [4.78, 5) is 23.2. The van der Waals surface area contributed by atoms with Crippen molar-refractivity contribution in [2.45, 2.75) is 0 Å². The maximum atomic E-state index is 12.1. The Bertz CT molecular complexity index is 1090. The van der Waals surface area contributed by atoms with Crippen molar-refractivity contribution >= 4 is 45.6 Å². The molecule has 0 saturated heterocycles. The number of aromatic carboxylic acids is 1.